The molecule has 4 aromatic heterocycles. The first-order valence-corrected chi connectivity index (χ1v) is 34.2. The van der Waals surface area contributed by atoms with Crippen LogP contribution in [0.15, 0.2) is 36.4 Å². The normalized spacial score (nSPS) is 13.5. The zero-order valence-corrected chi connectivity index (χ0v) is 51.2. The van der Waals surface area contributed by atoms with E-state index in [1.54, 1.807) is 44.6 Å². The summed E-state index contributed by atoms with van der Waals surface area (Å²) in [4.78, 5) is 68.9. The van der Waals surface area contributed by atoms with Gasteiger partial charge in [0.2, 0.25) is 0 Å². The third kappa shape index (κ3) is 20.3. The van der Waals surface area contributed by atoms with Gasteiger partial charge < -0.3 is 0 Å². The average molecular weight is 1110 g/mol. The van der Waals surface area contributed by atoms with E-state index in [2.05, 4.69) is 39.8 Å². The minimum atomic E-state index is -0.453. The standard InChI is InChI=1S/C68H104N4O4S2/c1-5-9-13-17-21-25-29-33-39-53(40-34-30-26-22-18-14-10-6-2)43-37-49-71-65-55(63(73)67(71)75)45-47-57(69-65)59-51-61-62(77-59)52-60(78-61)58-48-46-56-64(74)68(76)72(66(56)70-58)50-38-44-54(41-35-31-27-23-19-15-11-7-3)42-36-32-28-24-20-16-12-8-4/h45-48,51-54H,5-44,49-50H2,1-4H3. The van der Waals surface area contributed by atoms with Gasteiger partial charge in [-0.25, -0.2) is 9.97 Å². The van der Waals surface area contributed by atoms with E-state index in [0.29, 0.717) is 47.7 Å². The van der Waals surface area contributed by atoms with Crippen molar-refractivity contribution in [1.82, 2.24) is 9.97 Å². The van der Waals surface area contributed by atoms with Crippen LogP contribution >= 0.6 is 22.7 Å². The molecule has 6 heterocycles. The number of nitrogens with zero attached hydrogens (tertiary/aromatic N) is 4. The minimum absolute atomic E-state index is 0.407. The molecule has 2 amide bonds. The third-order valence-corrected chi connectivity index (χ3v) is 19.5. The van der Waals surface area contributed by atoms with Crippen LogP contribution < -0.4 is 9.80 Å². The van der Waals surface area contributed by atoms with Crippen LogP contribution in [-0.4, -0.2) is 46.4 Å². The summed E-state index contributed by atoms with van der Waals surface area (Å²) in [5.41, 5.74) is 2.34. The average Bonchev–Trinajstić information content (AvgIpc) is 4.28. The lowest BCUT2D eigenvalue weighted by atomic mass is 9.90. The van der Waals surface area contributed by atoms with Gasteiger partial charge in [-0.1, -0.05) is 259 Å². The molecule has 0 spiro atoms. The number of ketones is 2. The maximum atomic E-state index is 13.5. The fourth-order valence-electron chi connectivity index (χ4n) is 12.3. The second kappa shape index (κ2) is 36.6. The molecule has 0 saturated heterocycles. The van der Waals surface area contributed by atoms with E-state index in [9.17, 15) is 19.2 Å². The van der Waals surface area contributed by atoms with Crippen LogP contribution in [0.25, 0.3) is 30.5 Å². The molecular formula is C68H104N4O4S2. The molecule has 0 aromatic carbocycles. The zero-order chi connectivity index (χ0) is 55.2. The van der Waals surface area contributed by atoms with Crippen molar-refractivity contribution >= 4 is 67.1 Å². The highest BCUT2D eigenvalue weighted by Crippen LogP contribution is 2.43. The summed E-state index contributed by atoms with van der Waals surface area (Å²) >= 11 is 3.29. The van der Waals surface area contributed by atoms with Gasteiger partial charge in [0.05, 0.1) is 32.3 Å². The maximum Gasteiger partial charge on any atom is 0.300 e. The topological polar surface area (TPSA) is 101 Å². The number of hydrogen-bond acceptors (Lipinski definition) is 8. The number of thiophene rings is 2. The fraction of sp³-hybridized carbons (Fsp3) is 0.706. The van der Waals surface area contributed by atoms with Gasteiger partial charge in [0.1, 0.15) is 11.6 Å². The van der Waals surface area contributed by atoms with E-state index in [0.717, 1.165) is 56.2 Å². The van der Waals surface area contributed by atoms with Crippen molar-refractivity contribution in [2.75, 3.05) is 22.9 Å². The molecule has 6 rings (SSSR count). The Hall–Kier alpha value is -3.76. The second-order valence-electron chi connectivity index (χ2n) is 23.7. The van der Waals surface area contributed by atoms with Gasteiger partial charge in [-0.05, 0) is 73.9 Å². The van der Waals surface area contributed by atoms with Crippen molar-refractivity contribution in [3.05, 3.63) is 47.5 Å². The summed E-state index contributed by atoms with van der Waals surface area (Å²) < 4.78 is 2.20. The molecule has 0 unspecified atom stereocenters. The van der Waals surface area contributed by atoms with Crippen LogP contribution in [0.3, 0.4) is 0 Å². The molecule has 4 aromatic rings. The van der Waals surface area contributed by atoms with Crippen molar-refractivity contribution in [2.45, 2.75) is 285 Å². The first-order valence-electron chi connectivity index (χ1n) is 32.6. The largest absolute Gasteiger partial charge is 0.300 e. The van der Waals surface area contributed by atoms with Gasteiger partial charge >= 0.3 is 11.8 Å². The zero-order valence-electron chi connectivity index (χ0n) is 49.6. The van der Waals surface area contributed by atoms with Crippen molar-refractivity contribution in [1.29, 1.82) is 0 Å². The number of anilines is 2. The predicted molar refractivity (Wildman–Crippen MR) is 334 cm³/mol. The van der Waals surface area contributed by atoms with Gasteiger partial charge in [-0.2, -0.15) is 0 Å². The minimum Gasteiger partial charge on any atom is -0.289 e. The van der Waals surface area contributed by atoms with Crippen LogP contribution in [0.2, 0.25) is 0 Å². The Bertz CT molecular complexity index is 2160. The Morgan fingerprint density at radius 3 is 0.923 bits per heavy atom. The summed E-state index contributed by atoms with van der Waals surface area (Å²) in [6.45, 7) is 10.2. The number of Topliss-reactive ketones (excluding diaryl/α,β-unsaturated/α-hetero) is 2. The molecule has 2 aliphatic rings. The van der Waals surface area contributed by atoms with E-state index in [1.165, 1.54) is 231 Å². The van der Waals surface area contributed by atoms with Crippen LogP contribution in [0.4, 0.5) is 11.6 Å². The molecule has 0 fully saturated rings. The Kier molecular flexibility index (Phi) is 29.7. The van der Waals surface area contributed by atoms with Crippen LogP contribution in [-0.2, 0) is 9.59 Å². The number of carbonyl (C=O) groups is 4. The number of pyridine rings is 2. The summed E-state index contributed by atoms with van der Waals surface area (Å²) in [7, 11) is 0. The molecule has 78 heavy (non-hydrogen) atoms. The van der Waals surface area contributed by atoms with Gasteiger partial charge in [-0.15, -0.1) is 22.7 Å². The Morgan fingerprint density at radius 2 is 0.628 bits per heavy atom. The molecular weight excluding hydrogens is 1000 g/mol. The molecule has 0 bridgehead atoms. The van der Waals surface area contributed by atoms with Gasteiger partial charge in [0.15, 0.2) is 0 Å². The van der Waals surface area contributed by atoms with E-state index in [1.807, 2.05) is 12.1 Å². The lowest BCUT2D eigenvalue weighted by molar-refractivity contribution is -0.115. The molecule has 0 saturated carbocycles. The van der Waals surface area contributed by atoms with Gasteiger partial charge in [0.25, 0.3) is 11.6 Å². The van der Waals surface area contributed by atoms with Crippen LogP contribution in [0.1, 0.15) is 305 Å². The summed E-state index contributed by atoms with van der Waals surface area (Å²) in [6.07, 6.45) is 51.6. The van der Waals surface area contributed by atoms with E-state index < -0.39 is 23.4 Å². The Labute approximate surface area is 481 Å². The summed E-state index contributed by atoms with van der Waals surface area (Å²) in [5, 5.41) is 0. The monoisotopic (exact) mass is 1100 g/mol. The Morgan fingerprint density at radius 1 is 0.359 bits per heavy atom. The number of aromatic nitrogens is 2. The number of rotatable bonds is 46. The number of carbonyl (C=O) groups excluding carboxylic acids is 4. The molecule has 432 valence electrons. The molecule has 2 aliphatic heterocycles. The van der Waals surface area contributed by atoms with E-state index in [4.69, 9.17) is 9.97 Å². The quantitative estimate of drug-likeness (QED) is 0.0323. The summed E-state index contributed by atoms with van der Waals surface area (Å²) in [6, 6.07) is 11.7. The van der Waals surface area contributed by atoms with E-state index in [-0.39, 0.29) is 0 Å². The van der Waals surface area contributed by atoms with E-state index >= 15 is 0 Å². The highest BCUT2D eigenvalue weighted by atomic mass is 32.1. The maximum absolute atomic E-state index is 13.5. The first kappa shape index (κ1) is 63.4. The van der Waals surface area contributed by atoms with Crippen molar-refractivity contribution in [3.8, 4) is 21.1 Å². The smallest absolute Gasteiger partial charge is 0.289 e. The van der Waals surface area contributed by atoms with Gasteiger partial charge in [-0.3, -0.25) is 29.0 Å². The van der Waals surface area contributed by atoms with Crippen molar-refractivity contribution in [3.63, 3.8) is 0 Å². The number of fused-ring (bicyclic) bond motifs is 3. The Balaban J connectivity index is 1.04. The molecule has 0 radical (unpaired) electrons. The number of unbranched alkanes of at least 4 members (excludes halogenated alkanes) is 28. The van der Waals surface area contributed by atoms with Crippen molar-refractivity contribution < 1.29 is 19.2 Å². The lowest BCUT2D eigenvalue weighted by Gasteiger charge is -2.20. The molecule has 0 aliphatic carbocycles. The van der Waals surface area contributed by atoms with Gasteiger partial charge in [0, 0.05) is 22.5 Å². The second-order valence-corrected chi connectivity index (χ2v) is 25.9. The molecule has 10 heteroatoms. The summed E-state index contributed by atoms with van der Waals surface area (Å²) in [5.74, 6) is 0.503. The SMILES string of the molecule is CCCCCCCCCCC(CCCCCCCCCC)CCCN1C(=O)C(=O)c2ccc(-c3cc4sc(-c5ccc6c(n5)N(CCCC(CCCCCCCCCC)CCCCCCCCCC)C(=O)C6=O)cc4s3)nc21. The molecule has 8 nitrogen and oxygen atoms in total. The third-order valence-electron chi connectivity index (χ3n) is 17.2. The fourth-order valence-corrected chi connectivity index (χ4v) is 14.7. The number of amides is 2. The molecule has 0 atom stereocenters. The van der Waals surface area contributed by atoms with Crippen LogP contribution in [0, 0.1) is 11.8 Å². The van der Waals surface area contributed by atoms with Crippen molar-refractivity contribution in [2.24, 2.45) is 11.8 Å². The predicted octanol–water partition coefficient (Wildman–Crippen LogP) is 21.1. The number of hydrogen-bond donors (Lipinski definition) is 0. The first-order chi connectivity index (χ1) is 38.3. The highest BCUT2D eigenvalue weighted by molar-refractivity contribution is 7.31. The van der Waals surface area contributed by atoms with Crippen LogP contribution in [0.5, 0.6) is 0 Å². The molecule has 0 N–H and O–H groups in total. The lowest BCUT2D eigenvalue weighted by Crippen LogP contribution is -2.31. The highest BCUT2D eigenvalue weighted by Gasteiger charge is 2.38.